The van der Waals surface area contributed by atoms with Crippen LogP contribution in [0.4, 0.5) is 0 Å². The predicted octanol–water partition coefficient (Wildman–Crippen LogP) is 1.38. The third kappa shape index (κ3) is 6.09. The molecule has 0 saturated heterocycles. The highest BCUT2D eigenvalue weighted by atomic mass is 16.5. The van der Waals surface area contributed by atoms with Crippen molar-refractivity contribution in [1.82, 2.24) is 10.4 Å². The predicted molar refractivity (Wildman–Crippen MR) is 138 cm³/mol. The van der Waals surface area contributed by atoms with Crippen molar-refractivity contribution in [3.8, 4) is 11.1 Å². The lowest BCUT2D eigenvalue weighted by molar-refractivity contribution is -0.653. The molecule has 2 unspecified atom stereocenters. The molecule has 0 aromatic heterocycles. The second kappa shape index (κ2) is 11.0. The number of hydrazone groups is 1. The van der Waals surface area contributed by atoms with E-state index in [4.69, 9.17) is 16.3 Å². The number of nitrogens with zero attached hydrogens (tertiary/aromatic N) is 1. The fraction of sp³-hybridized carbons (Fsp3) is 0.250. The van der Waals surface area contributed by atoms with Crippen LogP contribution in [0.3, 0.4) is 0 Å². The summed E-state index contributed by atoms with van der Waals surface area (Å²) in [6.45, 7) is 2.38. The van der Waals surface area contributed by atoms with Gasteiger partial charge in [0.25, 0.3) is 0 Å². The summed E-state index contributed by atoms with van der Waals surface area (Å²) in [7, 11) is 0. The van der Waals surface area contributed by atoms with E-state index in [0.717, 1.165) is 22.3 Å². The van der Waals surface area contributed by atoms with Gasteiger partial charge >= 0.3 is 17.7 Å². The lowest BCUT2D eigenvalue weighted by atomic mass is 9.99. The Hall–Kier alpha value is -4.17. The van der Waals surface area contributed by atoms with Crippen LogP contribution in [0.1, 0.15) is 36.8 Å². The van der Waals surface area contributed by atoms with Gasteiger partial charge in [-0.3, -0.25) is 15.3 Å². The number of rotatable bonds is 9. The Labute approximate surface area is 210 Å². The molecule has 1 fully saturated rings. The number of benzene rings is 3. The first-order chi connectivity index (χ1) is 17.4. The molecular weight excluding hydrogens is 454 g/mol. The molecule has 2 atom stereocenters. The number of nitrogens with one attached hydrogen (secondary N) is 2. The molecule has 0 radical (unpaired) electrons. The van der Waals surface area contributed by atoms with E-state index < -0.39 is 11.4 Å². The number of hydrogen-bond acceptors (Lipinski definition) is 5. The van der Waals surface area contributed by atoms with Gasteiger partial charge in [-0.15, -0.1) is 0 Å². The van der Waals surface area contributed by atoms with Crippen molar-refractivity contribution >= 4 is 17.7 Å². The van der Waals surface area contributed by atoms with Gasteiger partial charge in [0.2, 0.25) is 0 Å². The van der Waals surface area contributed by atoms with Crippen molar-refractivity contribution in [2.75, 3.05) is 6.61 Å². The highest BCUT2D eigenvalue weighted by Gasteiger charge is 2.57. The average Bonchev–Trinajstić information content (AvgIpc) is 3.57. The minimum atomic E-state index is -0.775. The molecule has 3 aromatic carbocycles. The smallest absolute Gasteiger partial charge is 0.356 e. The summed E-state index contributed by atoms with van der Waals surface area (Å²) in [5.74, 6) is 4.91. The number of carbonyl (C=O) groups is 2. The monoisotopic (exact) mass is 486 g/mol. The molecule has 0 heterocycles. The van der Waals surface area contributed by atoms with Crippen molar-refractivity contribution in [2.24, 2.45) is 11.6 Å². The topological polar surface area (TPSA) is 125 Å². The summed E-state index contributed by atoms with van der Waals surface area (Å²) in [5, 5.41) is 6.93. The third-order valence-corrected chi connectivity index (χ3v) is 6.33. The van der Waals surface area contributed by atoms with Gasteiger partial charge in [-0.1, -0.05) is 84.9 Å². The van der Waals surface area contributed by atoms with Gasteiger partial charge in [-0.25, -0.2) is 5.84 Å². The van der Waals surface area contributed by atoms with Gasteiger partial charge in [0.05, 0.1) is 25.1 Å². The van der Waals surface area contributed by atoms with Gasteiger partial charge in [-0.2, -0.15) is 10.2 Å². The van der Waals surface area contributed by atoms with Gasteiger partial charge in [-0.05, 0) is 35.6 Å². The Morgan fingerprint density at radius 1 is 1.00 bits per heavy atom. The Balaban J connectivity index is 1.47. The van der Waals surface area contributed by atoms with Crippen molar-refractivity contribution < 1.29 is 19.4 Å². The maximum Gasteiger partial charge on any atom is 0.356 e. The molecule has 1 aliphatic carbocycles. The second-order valence-electron chi connectivity index (χ2n) is 8.98. The van der Waals surface area contributed by atoms with Gasteiger partial charge in [0, 0.05) is 5.92 Å². The van der Waals surface area contributed by atoms with E-state index in [1.165, 1.54) is 5.12 Å². The number of hydrazine groups is 2. The van der Waals surface area contributed by atoms with Crippen LogP contribution in [-0.2, 0) is 20.9 Å². The minimum Gasteiger partial charge on any atom is -0.466 e. The zero-order valence-corrected chi connectivity index (χ0v) is 20.3. The van der Waals surface area contributed by atoms with Gasteiger partial charge in [0.1, 0.15) is 0 Å². The SMILES string of the molecule is CCOC(=O)CC1(NC(=O)C(N)=[NH+]N(N)Cc2ccccc2)CC1c1ccc(-c2ccccc2)cc1. The number of amides is 1. The molecule has 4 rings (SSSR count). The van der Waals surface area contributed by atoms with Crippen molar-refractivity contribution in [3.05, 3.63) is 96.1 Å². The van der Waals surface area contributed by atoms with Crippen LogP contribution in [0.15, 0.2) is 84.9 Å². The van der Waals surface area contributed by atoms with Crippen LogP contribution in [0.25, 0.3) is 11.1 Å². The maximum atomic E-state index is 13.0. The van der Waals surface area contributed by atoms with E-state index in [2.05, 4.69) is 34.7 Å². The van der Waals surface area contributed by atoms with Crippen molar-refractivity contribution in [2.45, 2.75) is 37.8 Å². The zero-order valence-electron chi connectivity index (χ0n) is 20.3. The molecule has 8 nitrogen and oxygen atoms in total. The number of amidine groups is 1. The standard InChI is InChI=1S/C28H31N5O3/c1-2-36-25(34)18-28(31-27(35)26(29)32-33(30)19-20-9-5-3-6-10-20)17-24(28)23-15-13-22(14-16-23)21-11-7-4-8-12-21/h3-16,24H,2,17-19,30H2,1H3,(H2,29,32)(H,31,35)/p+1. The number of esters is 1. The minimum absolute atomic E-state index is 0.0400. The summed E-state index contributed by atoms with van der Waals surface area (Å²) < 4.78 is 5.18. The highest BCUT2D eigenvalue weighted by Crippen LogP contribution is 2.54. The number of hydrogen-bond donors (Lipinski definition) is 4. The molecule has 1 saturated carbocycles. The molecule has 1 amide bonds. The van der Waals surface area contributed by atoms with Crippen molar-refractivity contribution in [1.29, 1.82) is 0 Å². The number of ether oxygens (including phenoxy) is 1. The molecule has 186 valence electrons. The van der Waals surface area contributed by atoms with Crippen LogP contribution in [0.2, 0.25) is 0 Å². The second-order valence-corrected chi connectivity index (χ2v) is 8.98. The van der Waals surface area contributed by atoms with Crippen LogP contribution in [0, 0.1) is 0 Å². The van der Waals surface area contributed by atoms with E-state index in [0.29, 0.717) is 13.0 Å². The molecule has 0 spiro atoms. The summed E-state index contributed by atoms with van der Waals surface area (Å²) in [4.78, 5) is 25.4. The summed E-state index contributed by atoms with van der Waals surface area (Å²) in [5.41, 5.74) is 9.47. The van der Waals surface area contributed by atoms with E-state index in [9.17, 15) is 9.59 Å². The Morgan fingerprint density at radius 2 is 1.61 bits per heavy atom. The normalized spacial score (nSPS) is 18.8. The van der Waals surface area contributed by atoms with Crippen LogP contribution < -0.4 is 22.0 Å². The maximum absolute atomic E-state index is 13.0. The quantitative estimate of drug-likeness (QED) is 0.119. The van der Waals surface area contributed by atoms with Gasteiger partial charge < -0.3 is 10.1 Å². The van der Waals surface area contributed by atoms with E-state index in [1.807, 2.05) is 60.7 Å². The largest absolute Gasteiger partial charge is 0.466 e. The molecule has 0 bridgehead atoms. The van der Waals surface area contributed by atoms with E-state index >= 15 is 0 Å². The van der Waals surface area contributed by atoms with Gasteiger partial charge in [0.15, 0.2) is 0 Å². The van der Waals surface area contributed by atoms with Crippen LogP contribution >= 0.6 is 0 Å². The summed E-state index contributed by atoms with van der Waals surface area (Å²) in [6.07, 6.45) is 0.660. The molecule has 1 aliphatic rings. The number of carbonyl (C=O) groups excluding carboxylic acids is 2. The lowest BCUT2D eigenvalue weighted by Gasteiger charge is -2.18. The zero-order chi connectivity index (χ0) is 25.5. The molecule has 36 heavy (non-hydrogen) atoms. The van der Waals surface area contributed by atoms with E-state index in [1.54, 1.807) is 6.92 Å². The summed E-state index contributed by atoms with van der Waals surface area (Å²) >= 11 is 0. The fourth-order valence-electron chi connectivity index (χ4n) is 4.45. The first-order valence-corrected chi connectivity index (χ1v) is 12.0. The molecule has 8 heteroatoms. The fourth-order valence-corrected chi connectivity index (χ4v) is 4.45. The molecule has 3 aromatic rings. The Bertz CT molecular complexity index is 1210. The Kier molecular flexibility index (Phi) is 7.65. The molecule has 6 N–H and O–H groups in total. The van der Waals surface area contributed by atoms with Crippen LogP contribution in [-0.4, -0.2) is 35.0 Å². The summed E-state index contributed by atoms with van der Waals surface area (Å²) in [6, 6.07) is 27.9. The van der Waals surface area contributed by atoms with Crippen LogP contribution in [0.5, 0.6) is 0 Å². The third-order valence-electron chi connectivity index (χ3n) is 6.33. The Morgan fingerprint density at radius 3 is 2.25 bits per heavy atom. The van der Waals surface area contributed by atoms with E-state index in [-0.39, 0.29) is 30.8 Å². The average molecular weight is 487 g/mol. The first kappa shape index (κ1) is 24.9. The molecular formula is C28H32N5O3+. The lowest BCUT2D eigenvalue weighted by Crippen LogP contribution is -2.89. The first-order valence-electron chi connectivity index (χ1n) is 12.0. The van der Waals surface area contributed by atoms with Crippen molar-refractivity contribution in [3.63, 3.8) is 0 Å². The molecule has 0 aliphatic heterocycles. The highest BCUT2D eigenvalue weighted by molar-refractivity contribution is 6.34. The number of nitrogens with two attached hydrogens (primary N) is 2.